The third kappa shape index (κ3) is 4.30. The molecule has 2 aromatic carbocycles. The van der Waals surface area contributed by atoms with Gasteiger partial charge < -0.3 is 19.5 Å². The third-order valence-corrected chi connectivity index (χ3v) is 4.07. The van der Waals surface area contributed by atoms with Crippen LogP contribution in [0.15, 0.2) is 53.0 Å². The predicted octanol–water partition coefficient (Wildman–Crippen LogP) is 3.16. The molecule has 6 nitrogen and oxygen atoms in total. The minimum atomic E-state index is -0.961. The molecule has 7 heteroatoms. The number of anilines is 1. The zero-order valence-corrected chi connectivity index (χ0v) is 15.0. The lowest BCUT2D eigenvalue weighted by molar-refractivity contribution is -0.162. The van der Waals surface area contributed by atoms with Gasteiger partial charge in [-0.2, -0.15) is 0 Å². The molecule has 2 aromatic rings. The topological polar surface area (TPSA) is 73.9 Å². The molecule has 0 spiro atoms. The van der Waals surface area contributed by atoms with Gasteiger partial charge in [-0.1, -0.05) is 28.1 Å². The van der Waals surface area contributed by atoms with E-state index in [-0.39, 0.29) is 6.61 Å². The number of esters is 1. The van der Waals surface area contributed by atoms with Crippen molar-refractivity contribution in [1.82, 2.24) is 0 Å². The van der Waals surface area contributed by atoms with Crippen molar-refractivity contribution in [3.63, 3.8) is 0 Å². The number of para-hydroxylation sites is 2. The molecule has 0 aromatic heterocycles. The summed E-state index contributed by atoms with van der Waals surface area (Å²) >= 11 is 3.32. The Kier molecular flexibility index (Phi) is 5.23. The van der Waals surface area contributed by atoms with Crippen LogP contribution in [0.25, 0.3) is 0 Å². The van der Waals surface area contributed by atoms with Gasteiger partial charge in [0.05, 0.1) is 0 Å². The molecule has 0 radical (unpaired) electrons. The molecule has 0 unspecified atom stereocenters. The maximum atomic E-state index is 12.2. The number of fused-ring (bicyclic) bond motifs is 1. The van der Waals surface area contributed by atoms with Crippen LogP contribution in [0.2, 0.25) is 0 Å². The monoisotopic (exact) mass is 405 g/mol. The number of carbonyl (C=O) groups excluding carboxylic acids is 2. The van der Waals surface area contributed by atoms with E-state index in [2.05, 4.69) is 21.2 Å². The Balaban J connectivity index is 1.55. The van der Waals surface area contributed by atoms with E-state index in [0.29, 0.717) is 17.2 Å². The molecule has 1 aliphatic rings. The largest absolute Gasteiger partial charge is 0.485 e. The van der Waals surface area contributed by atoms with Gasteiger partial charge in [0.15, 0.2) is 17.6 Å². The summed E-state index contributed by atoms with van der Waals surface area (Å²) < 4.78 is 17.1. The van der Waals surface area contributed by atoms with Crippen molar-refractivity contribution in [1.29, 1.82) is 0 Å². The maximum absolute atomic E-state index is 12.2. The molecule has 1 heterocycles. The molecule has 0 fully saturated rings. The quantitative estimate of drug-likeness (QED) is 0.790. The summed E-state index contributed by atoms with van der Waals surface area (Å²) in [5, 5.41) is 2.68. The number of ether oxygens (including phenoxy) is 3. The van der Waals surface area contributed by atoms with E-state index in [4.69, 9.17) is 14.2 Å². The molecule has 0 bridgehead atoms. The molecule has 3 rings (SSSR count). The fourth-order valence-electron chi connectivity index (χ4n) is 2.22. The number of hydrogen-bond acceptors (Lipinski definition) is 5. The SMILES string of the molecule is C[C@@H](OC(=O)[C@@H]1COc2ccccc2O1)C(=O)Nc1ccc(Br)cc1. The van der Waals surface area contributed by atoms with Crippen LogP contribution in [0, 0.1) is 0 Å². The molecular formula is C18H16BrNO5. The summed E-state index contributed by atoms with van der Waals surface area (Å²) in [7, 11) is 0. The first-order chi connectivity index (χ1) is 12.0. The second-order valence-corrected chi connectivity index (χ2v) is 6.36. The van der Waals surface area contributed by atoms with Gasteiger partial charge in [0, 0.05) is 10.2 Å². The van der Waals surface area contributed by atoms with E-state index in [1.807, 2.05) is 6.07 Å². The van der Waals surface area contributed by atoms with E-state index in [1.165, 1.54) is 6.92 Å². The number of benzene rings is 2. The molecule has 130 valence electrons. The summed E-state index contributed by atoms with van der Waals surface area (Å²) in [4.78, 5) is 24.3. The number of hydrogen-bond donors (Lipinski definition) is 1. The summed E-state index contributed by atoms with van der Waals surface area (Å²) in [6, 6.07) is 14.1. The summed E-state index contributed by atoms with van der Waals surface area (Å²) in [5.74, 6) is -0.0176. The van der Waals surface area contributed by atoms with Crippen LogP contribution in [0.3, 0.4) is 0 Å². The lowest BCUT2D eigenvalue weighted by Crippen LogP contribution is -2.41. The van der Waals surface area contributed by atoms with Crippen molar-refractivity contribution in [2.45, 2.75) is 19.1 Å². The van der Waals surface area contributed by atoms with Gasteiger partial charge in [0.1, 0.15) is 6.61 Å². The normalized spacial score (nSPS) is 16.6. The summed E-state index contributed by atoms with van der Waals surface area (Å²) in [6.45, 7) is 1.54. The fraction of sp³-hybridized carbons (Fsp3) is 0.222. The van der Waals surface area contributed by atoms with Crippen LogP contribution in [0.4, 0.5) is 5.69 Å². The number of carbonyl (C=O) groups is 2. The molecule has 2 atom stereocenters. The van der Waals surface area contributed by atoms with Crippen molar-refractivity contribution < 1.29 is 23.8 Å². The van der Waals surface area contributed by atoms with Gasteiger partial charge in [-0.25, -0.2) is 4.79 Å². The van der Waals surface area contributed by atoms with E-state index >= 15 is 0 Å². The van der Waals surface area contributed by atoms with Gasteiger partial charge in [0.2, 0.25) is 6.10 Å². The van der Waals surface area contributed by atoms with Gasteiger partial charge in [0.25, 0.3) is 5.91 Å². The Morgan fingerprint density at radius 2 is 1.84 bits per heavy atom. The van der Waals surface area contributed by atoms with E-state index in [1.54, 1.807) is 42.5 Å². The highest BCUT2D eigenvalue weighted by atomic mass is 79.9. The van der Waals surface area contributed by atoms with Crippen molar-refractivity contribution in [2.75, 3.05) is 11.9 Å². The lowest BCUT2D eigenvalue weighted by Gasteiger charge is -2.25. The molecule has 25 heavy (non-hydrogen) atoms. The van der Waals surface area contributed by atoms with E-state index in [0.717, 1.165) is 4.47 Å². The van der Waals surface area contributed by atoms with Crippen molar-refractivity contribution in [3.8, 4) is 11.5 Å². The van der Waals surface area contributed by atoms with Gasteiger partial charge in [-0.05, 0) is 43.3 Å². The van der Waals surface area contributed by atoms with Crippen LogP contribution in [-0.4, -0.2) is 30.7 Å². The maximum Gasteiger partial charge on any atom is 0.351 e. The number of nitrogens with one attached hydrogen (secondary N) is 1. The van der Waals surface area contributed by atoms with Crippen LogP contribution >= 0.6 is 15.9 Å². The molecule has 0 saturated heterocycles. The highest BCUT2D eigenvalue weighted by molar-refractivity contribution is 9.10. The average molecular weight is 406 g/mol. The molecule has 0 aliphatic carbocycles. The fourth-order valence-corrected chi connectivity index (χ4v) is 2.48. The Bertz CT molecular complexity index is 777. The standard InChI is InChI=1S/C18H16BrNO5/c1-11(17(21)20-13-8-6-12(19)7-9-13)24-18(22)16-10-23-14-4-2-3-5-15(14)25-16/h2-9,11,16H,10H2,1H3,(H,20,21)/t11-,16+/m1/s1. The molecule has 0 saturated carbocycles. The summed E-state index contributed by atoms with van der Waals surface area (Å²) in [5.41, 5.74) is 0.613. The van der Waals surface area contributed by atoms with Crippen molar-refractivity contribution in [3.05, 3.63) is 53.0 Å². The molecule has 1 amide bonds. The number of rotatable bonds is 4. The Hall–Kier alpha value is -2.54. The molecular weight excluding hydrogens is 390 g/mol. The van der Waals surface area contributed by atoms with Crippen LogP contribution in [0.5, 0.6) is 11.5 Å². The molecule has 1 N–H and O–H groups in total. The average Bonchev–Trinajstić information content (AvgIpc) is 2.63. The van der Waals surface area contributed by atoms with Gasteiger partial charge in [-0.15, -0.1) is 0 Å². The first kappa shape index (κ1) is 17.3. The Labute approximate surface area is 153 Å². The minimum absolute atomic E-state index is 0.0386. The van der Waals surface area contributed by atoms with Gasteiger partial charge >= 0.3 is 5.97 Å². The van der Waals surface area contributed by atoms with Gasteiger partial charge in [-0.3, -0.25) is 4.79 Å². The zero-order chi connectivity index (χ0) is 17.8. The zero-order valence-electron chi connectivity index (χ0n) is 13.4. The minimum Gasteiger partial charge on any atom is -0.485 e. The highest BCUT2D eigenvalue weighted by Crippen LogP contribution is 2.31. The second kappa shape index (κ2) is 7.57. The van der Waals surface area contributed by atoms with E-state index < -0.39 is 24.1 Å². The first-order valence-electron chi connectivity index (χ1n) is 7.68. The van der Waals surface area contributed by atoms with Crippen molar-refractivity contribution in [2.24, 2.45) is 0 Å². The summed E-state index contributed by atoms with van der Waals surface area (Å²) in [6.07, 6.45) is -1.87. The van der Waals surface area contributed by atoms with Crippen LogP contribution in [0.1, 0.15) is 6.92 Å². The second-order valence-electron chi connectivity index (χ2n) is 5.44. The predicted molar refractivity (Wildman–Crippen MR) is 94.7 cm³/mol. The molecule has 1 aliphatic heterocycles. The van der Waals surface area contributed by atoms with Crippen LogP contribution < -0.4 is 14.8 Å². The number of halogens is 1. The lowest BCUT2D eigenvalue weighted by atomic mass is 10.2. The van der Waals surface area contributed by atoms with Crippen molar-refractivity contribution >= 4 is 33.5 Å². The third-order valence-electron chi connectivity index (χ3n) is 3.55. The highest BCUT2D eigenvalue weighted by Gasteiger charge is 2.31. The first-order valence-corrected chi connectivity index (χ1v) is 8.47. The number of amides is 1. The Morgan fingerprint density at radius 1 is 1.16 bits per heavy atom. The van der Waals surface area contributed by atoms with Crippen LogP contribution in [-0.2, 0) is 14.3 Å². The smallest absolute Gasteiger partial charge is 0.351 e. The Morgan fingerprint density at radius 3 is 2.56 bits per heavy atom. The van der Waals surface area contributed by atoms with E-state index in [9.17, 15) is 9.59 Å².